The van der Waals surface area contributed by atoms with E-state index >= 15 is 0 Å². The maximum Gasteiger partial charge on any atom is 0.226 e. The van der Waals surface area contributed by atoms with E-state index < -0.39 is 0 Å². The summed E-state index contributed by atoms with van der Waals surface area (Å²) in [6.45, 7) is 3.85. The number of rotatable bonds is 5. The number of hydrogen-bond donors (Lipinski definition) is 0. The highest BCUT2D eigenvalue weighted by molar-refractivity contribution is 7.97. The third kappa shape index (κ3) is 3.22. The van der Waals surface area contributed by atoms with Crippen LogP contribution in [0.4, 0.5) is 4.39 Å². The van der Waals surface area contributed by atoms with Crippen LogP contribution in [0.3, 0.4) is 0 Å². The minimum Gasteiger partial charge on any atom is -0.444 e. The van der Waals surface area contributed by atoms with Crippen LogP contribution >= 0.6 is 11.8 Å². The van der Waals surface area contributed by atoms with Crippen LogP contribution in [-0.2, 0) is 11.5 Å². The number of hydrogen-bond acceptors (Lipinski definition) is 5. The lowest BCUT2D eigenvalue weighted by atomic mass is 10.2. The van der Waals surface area contributed by atoms with Crippen molar-refractivity contribution in [3.8, 4) is 11.5 Å². The van der Waals surface area contributed by atoms with Crippen LogP contribution in [0.5, 0.6) is 0 Å². The fraction of sp³-hybridized carbons (Fsp3) is 0.250. The molecule has 6 heteroatoms. The molecule has 0 aliphatic carbocycles. The van der Waals surface area contributed by atoms with E-state index in [9.17, 15) is 4.39 Å². The lowest BCUT2D eigenvalue weighted by molar-refractivity contribution is 0.392. The first-order valence-electron chi connectivity index (χ1n) is 6.83. The van der Waals surface area contributed by atoms with Crippen molar-refractivity contribution in [2.45, 2.75) is 25.4 Å². The van der Waals surface area contributed by atoms with Crippen molar-refractivity contribution in [1.82, 2.24) is 10.1 Å². The molecule has 0 spiro atoms. The van der Waals surface area contributed by atoms with Crippen LogP contribution in [0.25, 0.3) is 11.5 Å². The number of nitrogens with zero attached hydrogens (tertiary/aromatic N) is 2. The van der Waals surface area contributed by atoms with Crippen molar-refractivity contribution in [3.63, 3.8) is 0 Å². The van der Waals surface area contributed by atoms with Gasteiger partial charge in [-0.25, -0.2) is 9.37 Å². The predicted octanol–water partition coefficient (Wildman–Crippen LogP) is 4.52. The molecular formula is C16H15FN2O2S. The van der Waals surface area contributed by atoms with Gasteiger partial charge in [-0.05, 0) is 32.0 Å². The van der Waals surface area contributed by atoms with E-state index in [4.69, 9.17) is 8.94 Å². The predicted molar refractivity (Wildman–Crippen MR) is 82.9 cm³/mol. The normalized spacial score (nSPS) is 11.0. The minimum atomic E-state index is -0.301. The lowest BCUT2D eigenvalue weighted by Crippen LogP contribution is -1.87. The zero-order chi connectivity index (χ0) is 15.5. The molecule has 3 rings (SSSR count). The van der Waals surface area contributed by atoms with Gasteiger partial charge in [-0.15, -0.1) is 0 Å². The third-order valence-corrected chi connectivity index (χ3v) is 4.29. The van der Waals surface area contributed by atoms with Crippen molar-refractivity contribution < 1.29 is 13.3 Å². The second-order valence-corrected chi connectivity index (χ2v) is 5.94. The largest absolute Gasteiger partial charge is 0.444 e. The van der Waals surface area contributed by atoms with Crippen molar-refractivity contribution in [2.24, 2.45) is 0 Å². The maximum atomic E-state index is 13.2. The van der Waals surface area contributed by atoms with Crippen LogP contribution < -0.4 is 0 Å². The van der Waals surface area contributed by atoms with Crippen molar-refractivity contribution in [3.05, 3.63) is 59.1 Å². The quantitative estimate of drug-likeness (QED) is 0.692. The Kier molecular flexibility index (Phi) is 4.29. The standard InChI is InChI=1S/C16H15FN2O2S/c1-10-15(11(2)21-19-10)9-22-8-14-7-20-16(18-14)12-4-3-5-13(17)6-12/h3-7H,8-9H2,1-2H3. The molecule has 4 nitrogen and oxygen atoms in total. The van der Waals surface area contributed by atoms with Crippen LogP contribution in [0.1, 0.15) is 22.7 Å². The molecule has 3 aromatic rings. The van der Waals surface area contributed by atoms with Gasteiger partial charge in [-0.1, -0.05) is 11.2 Å². The second-order valence-electron chi connectivity index (χ2n) is 4.95. The van der Waals surface area contributed by atoms with Crippen molar-refractivity contribution >= 4 is 11.8 Å². The molecule has 0 radical (unpaired) electrons. The Balaban J connectivity index is 1.63. The van der Waals surface area contributed by atoms with Gasteiger partial charge in [-0.2, -0.15) is 11.8 Å². The van der Waals surface area contributed by atoms with E-state index in [-0.39, 0.29) is 5.82 Å². The maximum absolute atomic E-state index is 13.2. The van der Waals surface area contributed by atoms with Gasteiger partial charge in [0.25, 0.3) is 0 Å². The zero-order valence-corrected chi connectivity index (χ0v) is 13.1. The molecule has 0 saturated carbocycles. The van der Waals surface area contributed by atoms with E-state index in [2.05, 4.69) is 10.1 Å². The molecule has 0 atom stereocenters. The van der Waals surface area contributed by atoms with E-state index in [1.165, 1.54) is 12.1 Å². The Hall–Kier alpha value is -2.08. The summed E-state index contributed by atoms with van der Waals surface area (Å²) in [4.78, 5) is 4.39. The fourth-order valence-electron chi connectivity index (χ4n) is 2.09. The molecule has 0 saturated heterocycles. The summed E-state index contributed by atoms with van der Waals surface area (Å²) in [6.07, 6.45) is 1.61. The summed E-state index contributed by atoms with van der Waals surface area (Å²) in [7, 11) is 0. The molecule has 22 heavy (non-hydrogen) atoms. The first-order valence-corrected chi connectivity index (χ1v) is 7.99. The minimum absolute atomic E-state index is 0.301. The highest BCUT2D eigenvalue weighted by atomic mass is 32.2. The summed E-state index contributed by atoms with van der Waals surface area (Å²) in [5.74, 6) is 2.51. The average molecular weight is 318 g/mol. The number of halogens is 1. The SMILES string of the molecule is Cc1noc(C)c1CSCc1coc(-c2cccc(F)c2)n1. The van der Waals surface area contributed by atoms with Crippen LogP contribution in [0.2, 0.25) is 0 Å². The molecule has 2 heterocycles. The lowest BCUT2D eigenvalue weighted by Gasteiger charge is -1.98. The zero-order valence-electron chi connectivity index (χ0n) is 12.3. The average Bonchev–Trinajstić information content (AvgIpc) is 3.09. The molecular weight excluding hydrogens is 303 g/mol. The Labute approximate surface area is 131 Å². The first-order chi connectivity index (χ1) is 10.6. The third-order valence-electron chi connectivity index (χ3n) is 3.30. The van der Waals surface area contributed by atoms with Crippen LogP contribution in [0.15, 0.2) is 39.5 Å². The van der Waals surface area contributed by atoms with Gasteiger partial charge in [-0.3, -0.25) is 0 Å². The number of aromatic nitrogens is 2. The molecule has 1 aromatic carbocycles. The van der Waals surface area contributed by atoms with Gasteiger partial charge in [0.15, 0.2) is 0 Å². The summed E-state index contributed by atoms with van der Waals surface area (Å²) < 4.78 is 23.8. The molecule has 0 N–H and O–H groups in total. The molecule has 0 aliphatic heterocycles. The Bertz CT molecular complexity index is 763. The summed E-state index contributed by atoms with van der Waals surface area (Å²) >= 11 is 1.71. The van der Waals surface area contributed by atoms with Gasteiger partial charge < -0.3 is 8.94 Å². The monoisotopic (exact) mass is 318 g/mol. The summed E-state index contributed by atoms with van der Waals surface area (Å²) in [5, 5.41) is 3.94. The Morgan fingerprint density at radius 2 is 2.09 bits per heavy atom. The summed E-state index contributed by atoms with van der Waals surface area (Å²) in [5.41, 5.74) is 3.52. The number of benzene rings is 1. The van der Waals surface area contributed by atoms with E-state index in [0.717, 1.165) is 28.5 Å². The van der Waals surface area contributed by atoms with Crippen molar-refractivity contribution in [1.29, 1.82) is 0 Å². The van der Waals surface area contributed by atoms with Crippen molar-refractivity contribution in [2.75, 3.05) is 0 Å². The second kappa shape index (κ2) is 6.36. The summed E-state index contributed by atoms with van der Waals surface area (Å²) in [6, 6.07) is 6.22. The van der Waals surface area contributed by atoms with Gasteiger partial charge in [0.1, 0.15) is 17.8 Å². The van der Waals surface area contributed by atoms with Gasteiger partial charge in [0, 0.05) is 22.6 Å². The van der Waals surface area contributed by atoms with Gasteiger partial charge in [0.05, 0.1) is 11.4 Å². The smallest absolute Gasteiger partial charge is 0.226 e. The molecule has 0 bridgehead atoms. The first kappa shape index (κ1) is 14.8. The van der Waals surface area contributed by atoms with Crippen LogP contribution in [0, 0.1) is 19.7 Å². The Morgan fingerprint density at radius 1 is 1.23 bits per heavy atom. The van der Waals surface area contributed by atoms with E-state index in [0.29, 0.717) is 17.2 Å². The molecule has 0 unspecified atom stereocenters. The molecule has 0 fully saturated rings. The van der Waals surface area contributed by atoms with Gasteiger partial charge in [0.2, 0.25) is 5.89 Å². The topological polar surface area (TPSA) is 52.1 Å². The van der Waals surface area contributed by atoms with E-state index in [1.54, 1.807) is 30.2 Å². The molecule has 2 aromatic heterocycles. The highest BCUT2D eigenvalue weighted by Gasteiger charge is 2.11. The molecule has 114 valence electrons. The molecule has 0 aliphatic rings. The fourth-order valence-corrected chi connectivity index (χ4v) is 3.15. The molecule has 0 amide bonds. The Morgan fingerprint density at radius 3 is 2.82 bits per heavy atom. The highest BCUT2D eigenvalue weighted by Crippen LogP contribution is 2.24. The van der Waals surface area contributed by atoms with E-state index in [1.807, 2.05) is 13.8 Å². The number of oxazole rings is 1. The number of thioether (sulfide) groups is 1. The van der Waals surface area contributed by atoms with Crippen LogP contribution in [-0.4, -0.2) is 10.1 Å². The van der Waals surface area contributed by atoms with Gasteiger partial charge >= 0.3 is 0 Å². The number of aryl methyl sites for hydroxylation is 2.